The highest BCUT2D eigenvalue weighted by molar-refractivity contribution is 9.10. The molecule has 1 N–H and O–H groups in total. The predicted octanol–water partition coefficient (Wildman–Crippen LogP) is 4.13. The first kappa shape index (κ1) is 12.8. The lowest BCUT2D eigenvalue weighted by atomic mass is 9.95. The van der Waals surface area contributed by atoms with Gasteiger partial charge in [-0.15, -0.1) is 0 Å². The third-order valence-electron chi connectivity index (χ3n) is 2.64. The lowest BCUT2D eigenvalue weighted by Crippen LogP contribution is -2.26. The summed E-state index contributed by atoms with van der Waals surface area (Å²) in [5.74, 6) is 1.64. The Balaban J connectivity index is 2.72. The smallest absolute Gasteiger partial charge is 0.169 e. The van der Waals surface area contributed by atoms with Crippen molar-refractivity contribution in [1.82, 2.24) is 5.32 Å². The molecule has 3 heteroatoms. The topological polar surface area (TPSA) is 25.2 Å². The van der Waals surface area contributed by atoms with Crippen molar-refractivity contribution in [3.8, 4) is 0 Å². The van der Waals surface area contributed by atoms with Crippen LogP contribution in [0.15, 0.2) is 21.2 Å². The molecule has 2 unspecified atom stereocenters. The Morgan fingerprint density at radius 1 is 1.40 bits per heavy atom. The zero-order chi connectivity index (χ0) is 11.3. The van der Waals surface area contributed by atoms with Crippen molar-refractivity contribution in [2.75, 3.05) is 6.54 Å². The summed E-state index contributed by atoms with van der Waals surface area (Å²) in [5.41, 5.74) is 0. The molecule has 86 valence electrons. The number of halogens is 1. The largest absolute Gasteiger partial charge is 0.453 e. The minimum atomic E-state index is 0.334. The molecule has 15 heavy (non-hydrogen) atoms. The minimum absolute atomic E-state index is 0.334. The molecule has 0 aliphatic rings. The van der Waals surface area contributed by atoms with Gasteiger partial charge in [0.05, 0.1) is 6.04 Å². The lowest BCUT2D eigenvalue weighted by Gasteiger charge is -2.22. The highest BCUT2D eigenvalue weighted by Crippen LogP contribution is 2.28. The monoisotopic (exact) mass is 273 g/mol. The number of nitrogens with one attached hydrogen (secondary N) is 1. The van der Waals surface area contributed by atoms with Gasteiger partial charge in [0.15, 0.2) is 4.67 Å². The van der Waals surface area contributed by atoms with Gasteiger partial charge in [-0.1, -0.05) is 27.2 Å². The molecule has 0 saturated carbocycles. The van der Waals surface area contributed by atoms with Crippen LogP contribution in [0, 0.1) is 5.92 Å². The summed E-state index contributed by atoms with van der Waals surface area (Å²) in [6.07, 6.45) is 2.43. The Morgan fingerprint density at radius 2 is 2.13 bits per heavy atom. The number of hydrogen-bond donors (Lipinski definition) is 1. The Kier molecular flexibility index (Phi) is 5.40. The zero-order valence-electron chi connectivity index (χ0n) is 9.72. The van der Waals surface area contributed by atoms with Crippen LogP contribution in [-0.4, -0.2) is 6.54 Å². The van der Waals surface area contributed by atoms with Gasteiger partial charge in [-0.2, -0.15) is 0 Å². The van der Waals surface area contributed by atoms with Gasteiger partial charge in [0, 0.05) is 0 Å². The van der Waals surface area contributed by atoms with Crippen LogP contribution < -0.4 is 5.32 Å². The predicted molar refractivity (Wildman–Crippen MR) is 66.9 cm³/mol. The van der Waals surface area contributed by atoms with E-state index in [1.54, 1.807) is 0 Å². The molecular formula is C12H20BrNO. The quantitative estimate of drug-likeness (QED) is 0.843. The van der Waals surface area contributed by atoms with E-state index in [9.17, 15) is 0 Å². The molecule has 1 aromatic rings. The van der Waals surface area contributed by atoms with Crippen molar-refractivity contribution < 1.29 is 4.42 Å². The van der Waals surface area contributed by atoms with Crippen LogP contribution in [0.25, 0.3) is 0 Å². The van der Waals surface area contributed by atoms with Crippen LogP contribution in [-0.2, 0) is 0 Å². The third kappa shape index (κ3) is 3.65. The van der Waals surface area contributed by atoms with E-state index in [-0.39, 0.29) is 0 Å². The molecule has 0 fully saturated rings. The maximum absolute atomic E-state index is 5.62. The zero-order valence-corrected chi connectivity index (χ0v) is 11.3. The number of rotatable bonds is 6. The molecule has 0 aliphatic carbocycles. The second-order valence-electron chi connectivity index (χ2n) is 3.94. The average Bonchev–Trinajstić information content (AvgIpc) is 2.61. The maximum atomic E-state index is 5.62. The molecule has 0 aromatic carbocycles. The standard InChI is InChI=1S/C12H20BrNO/c1-4-6-9(3)12(14-5-2)10-7-8-11(13)15-10/h7-9,12,14H,4-6H2,1-3H3. The van der Waals surface area contributed by atoms with Crippen LogP contribution >= 0.6 is 15.9 Å². The Bertz CT molecular complexity index is 285. The highest BCUT2D eigenvalue weighted by atomic mass is 79.9. The number of furan rings is 1. The fourth-order valence-corrected chi connectivity index (χ4v) is 2.24. The maximum Gasteiger partial charge on any atom is 0.169 e. The molecule has 2 atom stereocenters. The van der Waals surface area contributed by atoms with Crippen molar-refractivity contribution in [2.24, 2.45) is 5.92 Å². The summed E-state index contributed by atoms with van der Waals surface area (Å²) in [7, 11) is 0. The molecular weight excluding hydrogens is 254 g/mol. The van der Waals surface area contributed by atoms with E-state index in [4.69, 9.17) is 4.42 Å². The van der Waals surface area contributed by atoms with Crippen LogP contribution in [0.5, 0.6) is 0 Å². The highest BCUT2D eigenvalue weighted by Gasteiger charge is 2.20. The summed E-state index contributed by atoms with van der Waals surface area (Å²) >= 11 is 3.35. The van der Waals surface area contributed by atoms with Crippen molar-refractivity contribution >= 4 is 15.9 Å². The molecule has 2 nitrogen and oxygen atoms in total. The van der Waals surface area contributed by atoms with Crippen LogP contribution in [0.1, 0.15) is 45.4 Å². The summed E-state index contributed by atoms with van der Waals surface area (Å²) in [6, 6.07) is 4.34. The minimum Gasteiger partial charge on any atom is -0.453 e. The molecule has 0 spiro atoms. The summed E-state index contributed by atoms with van der Waals surface area (Å²) < 4.78 is 6.43. The van der Waals surface area contributed by atoms with E-state index < -0.39 is 0 Å². The molecule has 1 aromatic heterocycles. The Morgan fingerprint density at radius 3 is 2.60 bits per heavy atom. The van der Waals surface area contributed by atoms with Crippen molar-refractivity contribution in [2.45, 2.75) is 39.7 Å². The van der Waals surface area contributed by atoms with Gasteiger partial charge in [0.2, 0.25) is 0 Å². The normalized spacial score (nSPS) is 15.2. The van der Waals surface area contributed by atoms with Crippen molar-refractivity contribution in [1.29, 1.82) is 0 Å². The van der Waals surface area contributed by atoms with Gasteiger partial charge < -0.3 is 9.73 Å². The van der Waals surface area contributed by atoms with E-state index in [0.717, 1.165) is 17.0 Å². The molecule has 0 saturated heterocycles. The molecule has 1 rings (SSSR count). The third-order valence-corrected chi connectivity index (χ3v) is 3.06. The first-order valence-corrected chi connectivity index (χ1v) is 6.46. The summed E-state index contributed by atoms with van der Waals surface area (Å²) in [5, 5.41) is 3.48. The van der Waals surface area contributed by atoms with Gasteiger partial charge in [-0.3, -0.25) is 0 Å². The van der Waals surface area contributed by atoms with Crippen molar-refractivity contribution in [3.05, 3.63) is 22.6 Å². The van der Waals surface area contributed by atoms with Crippen LogP contribution in [0.4, 0.5) is 0 Å². The van der Waals surface area contributed by atoms with Gasteiger partial charge in [-0.05, 0) is 46.9 Å². The summed E-state index contributed by atoms with van der Waals surface area (Å²) in [6.45, 7) is 7.59. The van der Waals surface area contributed by atoms with E-state index in [2.05, 4.69) is 42.0 Å². The summed E-state index contributed by atoms with van der Waals surface area (Å²) in [4.78, 5) is 0. The fraction of sp³-hybridized carbons (Fsp3) is 0.667. The molecule has 0 bridgehead atoms. The van der Waals surface area contributed by atoms with Crippen LogP contribution in [0.2, 0.25) is 0 Å². The van der Waals surface area contributed by atoms with E-state index in [0.29, 0.717) is 12.0 Å². The Hall–Kier alpha value is -0.280. The lowest BCUT2D eigenvalue weighted by molar-refractivity contribution is 0.311. The van der Waals surface area contributed by atoms with Gasteiger partial charge in [0.1, 0.15) is 5.76 Å². The van der Waals surface area contributed by atoms with E-state index in [1.165, 1.54) is 12.8 Å². The molecule has 1 heterocycles. The molecule has 0 aliphatic heterocycles. The van der Waals surface area contributed by atoms with Crippen molar-refractivity contribution in [3.63, 3.8) is 0 Å². The first-order chi connectivity index (χ1) is 7.19. The SMILES string of the molecule is CCCC(C)C(NCC)c1ccc(Br)o1. The fourth-order valence-electron chi connectivity index (χ4n) is 1.92. The second-order valence-corrected chi connectivity index (χ2v) is 4.72. The van der Waals surface area contributed by atoms with E-state index in [1.807, 2.05) is 12.1 Å². The van der Waals surface area contributed by atoms with Crippen LogP contribution in [0.3, 0.4) is 0 Å². The number of hydrogen-bond acceptors (Lipinski definition) is 2. The van der Waals surface area contributed by atoms with Gasteiger partial charge in [-0.25, -0.2) is 0 Å². The first-order valence-electron chi connectivity index (χ1n) is 5.67. The molecule has 0 amide bonds. The van der Waals surface area contributed by atoms with E-state index >= 15 is 0 Å². The Labute approximate surface area is 101 Å². The molecule has 0 radical (unpaired) electrons. The van der Waals surface area contributed by atoms with Gasteiger partial charge in [0.25, 0.3) is 0 Å². The average molecular weight is 274 g/mol. The van der Waals surface area contributed by atoms with Gasteiger partial charge >= 0.3 is 0 Å². The second kappa shape index (κ2) is 6.33.